The molecule has 0 radical (unpaired) electrons. The molecule has 0 aromatic rings. The van der Waals surface area contributed by atoms with E-state index in [4.69, 9.17) is 4.74 Å². The van der Waals surface area contributed by atoms with Gasteiger partial charge in [-0.25, -0.2) is 8.42 Å². The van der Waals surface area contributed by atoms with Crippen molar-refractivity contribution in [3.63, 3.8) is 0 Å². The molecule has 94 valence electrons. The number of hydrogen-bond acceptors (Lipinski definition) is 4. The molecular weight excluding hydrogens is 226 g/mol. The van der Waals surface area contributed by atoms with Gasteiger partial charge >= 0.3 is 0 Å². The number of hydrogen-bond donors (Lipinski definition) is 1. The van der Waals surface area contributed by atoms with Gasteiger partial charge in [0.15, 0.2) is 9.84 Å². The maximum absolute atomic E-state index is 11.4. The summed E-state index contributed by atoms with van der Waals surface area (Å²) in [6.45, 7) is 5.64. The lowest BCUT2D eigenvalue weighted by Gasteiger charge is -2.22. The van der Waals surface area contributed by atoms with E-state index in [2.05, 4.69) is 11.9 Å². The first-order valence-electron chi connectivity index (χ1n) is 5.76. The maximum Gasteiger partial charge on any atom is 0.151 e. The van der Waals surface area contributed by atoms with Gasteiger partial charge in [0, 0.05) is 12.6 Å². The van der Waals surface area contributed by atoms with Crippen LogP contribution in [0, 0.1) is 0 Å². The van der Waals surface area contributed by atoms with Gasteiger partial charge in [-0.3, -0.25) is 0 Å². The average Bonchev–Trinajstić information content (AvgIpc) is 2.22. The van der Waals surface area contributed by atoms with E-state index in [1.165, 1.54) is 0 Å². The summed E-state index contributed by atoms with van der Waals surface area (Å²) >= 11 is 0. The molecule has 1 unspecified atom stereocenters. The van der Waals surface area contributed by atoms with Crippen molar-refractivity contribution < 1.29 is 13.2 Å². The fraction of sp³-hybridized carbons (Fsp3) is 0.818. The van der Waals surface area contributed by atoms with Crippen LogP contribution in [0.4, 0.5) is 0 Å². The highest BCUT2D eigenvalue weighted by Crippen LogP contribution is 2.11. The van der Waals surface area contributed by atoms with E-state index in [0.29, 0.717) is 19.0 Å². The molecule has 4 nitrogen and oxygen atoms in total. The van der Waals surface area contributed by atoms with Crippen molar-refractivity contribution in [2.24, 2.45) is 0 Å². The number of rotatable bonds is 7. The standard InChI is InChI=1S/C11H21NO3S/c1-2-3-7-15-8-6-12-11-5-4-9-16(13,14)10-11/h2,11-12H,1,3-10H2. The summed E-state index contributed by atoms with van der Waals surface area (Å²) in [6, 6.07) is 0.113. The molecule has 0 amide bonds. The molecule has 0 saturated carbocycles. The molecule has 0 aliphatic carbocycles. The smallest absolute Gasteiger partial charge is 0.151 e. The van der Waals surface area contributed by atoms with E-state index in [1.54, 1.807) is 0 Å². The summed E-state index contributed by atoms with van der Waals surface area (Å²) < 4.78 is 28.0. The highest BCUT2D eigenvalue weighted by Gasteiger charge is 2.23. The molecule has 1 N–H and O–H groups in total. The Morgan fingerprint density at radius 1 is 1.44 bits per heavy atom. The van der Waals surface area contributed by atoms with Crippen LogP contribution in [-0.4, -0.2) is 45.7 Å². The van der Waals surface area contributed by atoms with Crippen molar-refractivity contribution in [1.29, 1.82) is 0 Å². The van der Waals surface area contributed by atoms with Crippen molar-refractivity contribution in [2.45, 2.75) is 25.3 Å². The van der Waals surface area contributed by atoms with Gasteiger partial charge in [-0.2, -0.15) is 0 Å². The second-order valence-electron chi connectivity index (χ2n) is 4.10. The zero-order valence-electron chi connectivity index (χ0n) is 9.65. The quantitative estimate of drug-likeness (QED) is 0.533. The zero-order valence-corrected chi connectivity index (χ0v) is 10.5. The Labute approximate surface area is 98.0 Å². The molecule has 1 saturated heterocycles. The highest BCUT2D eigenvalue weighted by atomic mass is 32.2. The van der Waals surface area contributed by atoms with Crippen LogP contribution in [0.1, 0.15) is 19.3 Å². The number of nitrogens with one attached hydrogen (secondary N) is 1. The molecule has 0 bridgehead atoms. The summed E-state index contributed by atoms with van der Waals surface area (Å²) in [7, 11) is -2.80. The Balaban J connectivity index is 2.06. The van der Waals surface area contributed by atoms with Crippen molar-refractivity contribution in [3.8, 4) is 0 Å². The molecule has 1 atom stereocenters. The fourth-order valence-electron chi connectivity index (χ4n) is 1.79. The Hall–Kier alpha value is -0.390. The van der Waals surface area contributed by atoms with Crippen LogP contribution in [0.25, 0.3) is 0 Å². The third-order valence-electron chi connectivity index (χ3n) is 2.61. The van der Waals surface area contributed by atoms with Gasteiger partial charge in [0.2, 0.25) is 0 Å². The van der Waals surface area contributed by atoms with Crippen LogP contribution in [0.2, 0.25) is 0 Å². The topological polar surface area (TPSA) is 55.4 Å². The largest absolute Gasteiger partial charge is 0.380 e. The van der Waals surface area contributed by atoms with E-state index >= 15 is 0 Å². The van der Waals surface area contributed by atoms with Crippen LogP contribution >= 0.6 is 0 Å². The van der Waals surface area contributed by atoms with Gasteiger partial charge in [-0.05, 0) is 19.3 Å². The predicted molar refractivity (Wildman–Crippen MR) is 65.3 cm³/mol. The van der Waals surface area contributed by atoms with E-state index in [0.717, 1.165) is 25.8 Å². The lowest BCUT2D eigenvalue weighted by Crippen LogP contribution is -2.41. The molecule has 1 rings (SSSR count). The third-order valence-corrected chi connectivity index (χ3v) is 4.43. The minimum Gasteiger partial charge on any atom is -0.380 e. The third kappa shape index (κ3) is 5.63. The normalized spacial score (nSPS) is 24.1. The summed E-state index contributed by atoms with van der Waals surface area (Å²) in [6.07, 6.45) is 4.40. The van der Waals surface area contributed by atoms with Crippen LogP contribution in [-0.2, 0) is 14.6 Å². The van der Waals surface area contributed by atoms with Gasteiger partial charge in [0.25, 0.3) is 0 Å². The van der Waals surface area contributed by atoms with Crippen LogP contribution in [0.5, 0.6) is 0 Å². The minimum atomic E-state index is -2.80. The molecule has 0 aromatic heterocycles. The van der Waals surface area contributed by atoms with Crippen LogP contribution in [0.3, 0.4) is 0 Å². The molecule has 1 heterocycles. The maximum atomic E-state index is 11.4. The zero-order chi connectivity index (χ0) is 11.9. The van der Waals surface area contributed by atoms with E-state index < -0.39 is 9.84 Å². The lowest BCUT2D eigenvalue weighted by molar-refractivity contribution is 0.138. The first-order chi connectivity index (χ1) is 7.64. The van der Waals surface area contributed by atoms with Gasteiger partial charge < -0.3 is 10.1 Å². The summed E-state index contributed by atoms with van der Waals surface area (Å²) in [5, 5.41) is 3.22. The number of sulfone groups is 1. The summed E-state index contributed by atoms with van der Waals surface area (Å²) in [5.41, 5.74) is 0. The van der Waals surface area contributed by atoms with Crippen LogP contribution < -0.4 is 5.32 Å². The van der Waals surface area contributed by atoms with E-state index in [-0.39, 0.29) is 11.8 Å². The second-order valence-corrected chi connectivity index (χ2v) is 6.33. The minimum absolute atomic E-state index is 0.113. The predicted octanol–water partition coefficient (Wildman–Crippen LogP) is 0.746. The molecular formula is C11H21NO3S. The van der Waals surface area contributed by atoms with Crippen molar-refractivity contribution in [3.05, 3.63) is 12.7 Å². The Kier molecular flexibility index (Phi) is 6.01. The molecule has 0 spiro atoms. The van der Waals surface area contributed by atoms with Crippen molar-refractivity contribution in [2.75, 3.05) is 31.3 Å². The lowest BCUT2D eigenvalue weighted by atomic mass is 10.2. The summed E-state index contributed by atoms with van der Waals surface area (Å²) in [4.78, 5) is 0. The fourth-order valence-corrected chi connectivity index (χ4v) is 3.46. The monoisotopic (exact) mass is 247 g/mol. The average molecular weight is 247 g/mol. The van der Waals surface area contributed by atoms with Crippen LogP contribution in [0.15, 0.2) is 12.7 Å². The van der Waals surface area contributed by atoms with Gasteiger partial charge in [-0.1, -0.05) is 6.08 Å². The first-order valence-corrected chi connectivity index (χ1v) is 7.58. The van der Waals surface area contributed by atoms with E-state index in [1.807, 2.05) is 6.08 Å². The van der Waals surface area contributed by atoms with Gasteiger partial charge in [0.1, 0.15) is 0 Å². The Morgan fingerprint density at radius 2 is 2.25 bits per heavy atom. The molecule has 1 fully saturated rings. The number of ether oxygens (including phenoxy) is 1. The SMILES string of the molecule is C=CCCOCCNC1CCCS(=O)(=O)C1. The highest BCUT2D eigenvalue weighted by molar-refractivity contribution is 7.91. The van der Waals surface area contributed by atoms with E-state index in [9.17, 15) is 8.42 Å². The molecule has 1 aliphatic rings. The molecule has 16 heavy (non-hydrogen) atoms. The Bertz CT molecular complexity index is 300. The molecule has 0 aromatic carbocycles. The van der Waals surface area contributed by atoms with Crippen molar-refractivity contribution in [1.82, 2.24) is 5.32 Å². The summed E-state index contributed by atoms with van der Waals surface area (Å²) in [5.74, 6) is 0.626. The second kappa shape index (κ2) is 7.04. The van der Waals surface area contributed by atoms with Crippen molar-refractivity contribution >= 4 is 9.84 Å². The molecule has 5 heteroatoms. The molecule has 1 aliphatic heterocycles. The Morgan fingerprint density at radius 3 is 2.94 bits per heavy atom. The first kappa shape index (κ1) is 13.7. The van der Waals surface area contributed by atoms with Gasteiger partial charge in [0.05, 0.1) is 24.7 Å². The van der Waals surface area contributed by atoms with Gasteiger partial charge in [-0.15, -0.1) is 6.58 Å².